The van der Waals surface area contributed by atoms with E-state index in [0.29, 0.717) is 23.6 Å². The molecule has 3 N–H and O–H groups in total. The number of hydrogen-bond donors (Lipinski definition) is 2. The monoisotopic (exact) mass is 267 g/mol. The van der Waals surface area contributed by atoms with Crippen molar-refractivity contribution >= 4 is 17.2 Å². The van der Waals surface area contributed by atoms with Gasteiger partial charge in [0.2, 0.25) is 0 Å². The second-order valence-corrected chi connectivity index (χ2v) is 4.35. The molecular formula is C14H13N5O. The Labute approximate surface area is 115 Å². The number of anilines is 1. The number of rotatable bonds is 3. The van der Waals surface area contributed by atoms with Crippen LogP contribution >= 0.6 is 0 Å². The maximum Gasteiger partial charge on any atom is 0.251 e. The van der Waals surface area contributed by atoms with Crippen LogP contribution in [0.3, 0.4) is 0 Å². The summed E-state index contributed by atoms with van der Waals surface area (Å²) in [5, 5.41) is 10.9. The van der Waals surface area contributed by atoms with Gasteiger partial charge in [-0.3, -0.25) is 9.20 Å². The minimum absolute atomic E-state index is 0.190. The van der Waals surface area contributed by atoms with E-state index in [9.17, 15) is 4.79 Å². The molecule has 0 radical (unpaired) electrons. The van der Waals surface area contributed by atoms with E-state index in [1.165, 1.54) is 0 Å². The molecule has 0 aliphatic heterocycles. The Hall–Kier alpha value is -2.89. The first kappa shape index (κ1) is 12.2. The van der Waals surface area contributed by atoms with Crippen LogP contribution in [0, 0.1) is 0 Å². The first-order valence-electron chi connectivity index (χ1n) is 6.16. The number of nitrogens with two attached hydrogens (primary N) is 1. The second kappa shape index (κ2) is 5.00. The van der Waals surface area contributed by atoms with Crippen LogP contribution in [-0.4, -0.2) is 20.5 Å². The molecule has 1 amide bonds. The number of nitrogens with one attached hydrogen (secondary N) is 1. The summed E-state index contributed by atoms with van der Waals surface area (Å²) in [6.07, 6.45) is 1.86. The van der Waals surface area contributed by atoms with Crippen LogP contribution in [0.25, 0.3) is 5.65 Å². The van der Waals surface area contributed by atoms with Crippen LogP contribution in [0.5, 0.6) is 0 Å². The Kier molecular flexibility index (Phi) is 3.04. The van der Waals surface area contributed by atoms with Crippen LogP contribution in [0.2, 0.25) is 0 Å². The molecule has 0 aliphatic carbocycles. The lowest BCUT2D eigenvalue weighted by molar-refractivity contribution is 0.0950. The number of benzene rings is 1. The molecule has 6 nitrogen and oxygen atoms in total. The molecule has 0 aliphatic rings. The molecule has 0 saturated heterocycles. The van der Waals surface area contributed by atoms with E-state index in [1.807, 2.05) is 28.8 Å². The van der Waals surface area contributed by atoms with Crippen LogP contribution in [0.1, 0.15) is 16.2 Å². The molecule has 0 unspecified atom stereocenters. The zero-order valence-electron chi connectivity index (χ0n) is 10.7. The van der Waals surface area contributed by atoms with Gasteiger partial charge in [-0.1, -0.05) is 12.1 Å². The van der Waals surface area contributed by atoms with E-state index in [1.54, 1.807) is 24.3 Å². The zero-order valence-corrected chi connectivity index (χ0v) is 10.7. The van der Waals surface area contributed by atoms with Gasteiger partial charge in [0.1, 0.15) is 0 Å². The maximum absolute atomic E-state index is 12.0. The van der Waals surface area contributed by atoms with Crippen molar-refractivity contribution < 1.29 is 4.79 Å². The number of pyridine rings is 1. The third-order valence-corrected chi connectivity index (χ3v) is 2.94. The fourth-order valence-corrected chi connectivity index (χ4v) is 1.95. The molecule has 100 valence electrons. The van der Waals surface area contributed by atoms with Gasteiger partial charge >= 0.3 is 0 Å². The zero-order chi connectivity index (χ0) is 13.9. The van der Waals surface area contributed by atoms with Crippen molar-refractivity contribution in [3.05, 3.63) is 60.0 Å². The lowest BCUT2D eigenvalue weighted by Crippen LogP contribution is -2.24. The first-order valence-corrected chi connectivity index (χ1v) is 6.16. The van der Waals surface area contributed by atoms with Crippen molar-refractivity contribution in [3.63, 3.8) is 0 Å². The van der Waals surface area contributed by atoms with Gasteiger partial charge in [-0.05, 0) is 30.3 Å². The van der Waals surface area contributed by atoms with E-state index in [2.05, 4.69) is 15.5 Å². The summed E-state index contributed by atoms with van der Waals surface area (Å²) >= 11 is 0. The summed E-state index contributed by atoms with van der Waals surface area (Å²) in [6, 6.07) is 12.5. The van der Waals surface area contributed by atoms with Gasteiger partial charge in [0.15, 0.2) is 11.5 Å². The summed E-state index contributed by atoms with van der Waals surface area (Å²) in [5.74, 6) is 0.489. The molecule has 3 aromatic rings. The van der Waals surface area contributed by atoms with Crippen molar-refractivity contribution in [1.29, 1.82) is 0 Å². The van der Waals surface area contributed by atoms with Crippen molar-refractivity contribution in [2.24, 2.45) is 0 Å². The largest absolute Gasteiger partial charge is 0.399 e. The highest BCUT2D eigenvalue weighted by atomic mass is 16.1. The average Bonchev–Trinajstić information content (AvgIpc) is 2.88. The van der Waals surface area contributed by atoms with Gasteiger partial charge < -0.3 is 11.1 Å². The van der Waals surface area contributed by atoms with E-state index in [-0.39, 0.29) is 5.91 Å². The molecule has 0 atom stereocenters. The predicted octanol–water partition coefficient (Wildman–Crippen LogP) is 1.24. The highest BCUT2D eigenvalue weighted by Gasteiger charge is 2.08. The Morgan fingerprint density at radius 3 is 2.95 bits per heavy atom. The number of amides is 1. The number of nitrogen functional groups attached to an aromatic ring is 1. The molecule has 20 heavy (non-hydrogen) atoms. The van der Waals surface area contributed by atoms with E-state index >= 15 is 0 Å². The molecule has 0 saturated carbocycles. The van der Waals surface area contributed by atoms with Crippen molar-refractivity contribution in [1.82, 2.24) is 19.9 Å². The molecule has 2 heterocycles. The van der Waals surface area contributed by atoms with E-state index < -0.39 is 0 Å². The Bertz CT molecular complexity index is 765. The summed E-state index contributed by atoms with van der Waals surface area (Å²) in [5.41, 5.74) is 7.49. The van der Waals surface area contributed by atoms with Gasteiger partial charge in [-0.25, -0.2) is 0 Å². The van der Waals surface area contributed by atoms with Gasteiger partial charge in [0, 0.05) is 17.4 Å². The SMILES string of the molecule is Nc1cccc(C(=O)NCc2nnc3ccccn23)c1. The number of fused-ring (bicyclic) bond motifs is 1. The standard InChI is InChI=1S/C14H13N5O/c15-11-5-3-4-10(8-11)14(20)16-9-13-18-17-12-6-1-2-7-19(12)13/h1-8H,9,15H2,(H,16,20). The van der Waals surface area contributed by atoms with E-state index in [0.717, 1.165) is 5.65 Å². The fourth-order valence-electron chi connectivity index (χ4n) is 1.95. The number of aromatic nitrogens is 3. The minimum atomic E-state index is -0.190. The summed E-state index contributed by atoms with van der Waals surface area (Å²) in [4.78, 5) is 12.0. The van der Waals surface area contributed by atoms with E-state index in [4.69, 9.17) is 5.73 Å². The molecule has 0 bridgehead atoms. The highest BCUT2D eigenvalue weighted by Crippen LogP contribution is 2.07. The third-order valence-electron chi connectivity index (χ3n) is 2.94. The predicted molar refractivity (Wildman–Crippen MR) is 75.0 cm³/mol. The molecule has 1 aromatic carbocycles. The molecular weight excluding hydrogens is 254 g/mol. The minimum Gasteiger partial charge on any atom is -0.399 e. The average molecular weight is 267 g/mol. The van der Waals surface area contributed by atoms with Crippen molar-refractivity contribution in [2.45, 2.75) is 6.54 Å². The highest BCUT2D eigenvalue weighted by molar-refractivity contribution is 5.94. The second-order valence-electron chi connectivity index (χ2n) is 4.35. The molecule has 0 spiro atoms. The van der Waals surface area contributed by atoms with Gasteiger partial charge in [0.05, 0.1) is 6.54 Å². The Morgan fingerprint density at radius 1 is 1.20 bits per heavy atom. The number of carbonyl (C=O) groups is 1. The quantitative estimate of drug-likeness (QED) is 0.699. The lowest BCUT2D eigenvalue weighted by Gasteiger charge is -2.04. The topological polar surface area (TPSA) is 85.3 Å². The summed E-state index contributed by atoms with van der Waals surface area (Å²) < 4.78 is 1.83. The number of carbonyl (C=O) groups excluding carboxylic acids is 1. The normalized spacial score (nSPS) is 10.6. The molecule has 0 fully saturated rings. The maximum atomic E-state index is 12.0. The van der Waals surface area contributed by atoms with Crippen LogP contribution in [-0.2, 0) is 6.54 Å². The Balaban J connectivity index is 1.75. The lowest BCUT2D eigenvalue weighted by atomic mass is 10.2. The molecule has 6 heteroatoms. The number of nitrogens with zero attached hydrogens (tertiary/aromatic N) is 3. The van der Waals surface area contributed by atoms with Gasteiger partial charge in [0.25, 0.3) is 5.91 Å². The molecule has 2 aromatic heterocycles. The Morgan fingerprint density at radius 2 is 2.10 bits per heavy atom. The smallest absolute Gasteiger partial charge is 0.251 e. The van der Waals surface area contributed by atoms with Crippen LogP contribution < -0.4 is 11.1 Å². The fraction of sp³-hybridized carbons (Fsp3) is 0.0714. The molecule has 3 rings (SSSR count). The summed E-state index contributed by atoms with van der Waals surface area (Å²) in [7, 11) is 0. The third kappa shape index (κ3) is 2.31. The van der Waals surface area contributed by atoms with Crippen molar-refractivity contribution in [3.8, 4) is 0 Å². The van der Waals surface area contributed by atoms with Gasteiger partial charge in [-0.2, -0.15) is 0 Å². The van der Waals surface area contributed by atoms with Gasteiger partial charge in [-0.15, -0.1) is 10.2 Å². The van der Waals surface area contributed by atoms with Crippen LogP contribution in [0.15, 0.2) is 48.7 Å². The van der Waals surface area contributed by atoms with Crippen molar-refractivity contribution in [2.75, 3.05) is 5.73 Å². The first-order chi connectivity index (χ1) is 9.74. The summed E-state index contributed by atoms with van der Waals surface area (Å²) in [6.45, 7) is 0.304. The van der Waals surface area contributed by atoms with Crippen LogP contribution in [0.4, 0.5) is 5.69 Å². The number of hydrogen-bond acceptors (Lipinski definition) is 4.